The van der Waals surface area contributed by atoms with Crippen molar-refractivity contribution in [2.24, 2.45) is 11.7 Å². The SMILES string of the molecule is CCC(C)C(N)C(=O)NS(=O)(=O)OCC1OC(CCOC(=O)c2ccc(Oc3ccccc3)cc2)C(O)C1O. The van der Waals surface area contributed by atoms with Crippen molar-refractivity contribution in [3.63, 3.8) is 0 Å². The van der Waals surface area contributed by atoms with Crippen molar-refractivity contribution in [1.82, 2.24) is 4.72 Å². The zero-order chi connectivity index (χ0) is 28.6. The molecule has 0 bridgehead atoms. The third kappa shape index (κ3) is 8.71. The van der Waals surface area contributed by atoms with Crippen LogP contribution in [0.3, 0.4) is 0 Å². The lowest BCUT2D eigenvalue weighted by Crippen LogP contribution is -2.47. The van der Waals surface area contributed by atoms with Gasteiger partial charge in [0.25, 0.3) is 5.91 Å². The topological polar surface area (TPSA) is 184 Å². The number of aliphatic hydroxyl groups is 2. The molecule has 2 aromatic rings. The molecule has 1 fully saturated rings. The zero-order valence-corrected chi connectivity index (χ0v) is 22.5. The fraction of sp³-hybridized carbons (Fsp3) is 0.462. The number of carbonyl (C=O) groups excluding carboxylic acids is 2. The Hall–Kier alpha value is -3.07. The smallest absolute Gasteiger partial charge is 0.362 e. The number of ether oxygens (including phenoxy) is 3. The van der Waals surface area contributed by atoms with Crippen molar-refractivity contribution in [2.75, 3.05) is 13.2 Å². The van der Waals surface area contributed by atoms with Gasteiger partial charge in [-0.3, -0.25) is 8.98 Å². The number of hydrogen-bond acceptors (Lipinski definition) is 11. The average molecular weight is 567 g/mol. The van der Waals surface area contributed by atoms with Crippen LogP contribution >= 0.6 is 0 Å². The number of rotatable bonds is 13. The van der Waals surface area contributed by atoms with Gasteiger partial charge in [-0.25, -0.2) is 9.52 Å². The van der Waals surface area contributed by atoms with Crippen LogP contribution in [0, 0.1) is 5.92 Å². The summed E-state index contributed by atoms with van der Waals surface area (Å²) in [6.07, 6.45) is -4.38. The number of carbonyl (C=O) groups is 2. The van der Waals surface area contributed by atoms with Crippen molar-refractivity contribution < 1.29 is 46.6 Å². The molecule has 214 valence electrons. The number of hydrogen-bond donors (Lipinski definition) is 4. The van der Waals surface area contributed by atoms with Crippen LogP contribution in [0.5, 0.6) is 11.5 Å². The molecule has 1 amide bonds. The maximum absolute atomic E-state index is 12.4. The predicted octanol–water partition coefficient (Wildman–Crippen LogP) is 1.27. The van der Waals surface area contributed by atoms with Gasteiger partial charge in [-0.1, -0.05) is 38.5 Å². The molecule has 3 rings (SSSR count). The van der Waals surface area contributed by atoms with Crippen molar-refractivity contribution in [2.45, 2.75) is 57.1 Å². The Morgan fingerprint density at radius 3 is 2.28 bits per heavy atom. The van der Waals surface area contributed by atoms with E-state index in [4.69, 9.17) is 24.1 Å². The molecule has 5 N–H and O–H groups in total. The molecule has 13 heteroatoms. The first-order valence-corrected chi connectivity index (χ1v) is 13.9. The molecule has 1 aliphatic rings. The van der Waals surface area contributed by atoms with Gasteiger partial charge in [0.1, 0.15) is 29.8 Å². The lowest BCUT2D eigenvalue weighted by Gasteiger charge is -2.18. The number of para-hydroxylation sites is 1. The minimum absolute atomic E-state index is 0.0307. The Bertz CT molecular complexity index is 1190. The molecule has 0 radical (unpaired) electrons. The van der Waals surface area contributed by atoms with Crippen molar-refractivity contribution in [3.05, 3.63) is 60.2 Å². The standard InChI is InChI=1S/C26H34N2O10S/c1-3-16(2)22(27)25(31)28-39(33,34)36-15-21-24(30)23(29)20(38-21)13-14-35-26(32)17-9-11-19(12-10-17)37-18-7-5-4-6-8-18/h4-12,16,20-24,29-30H,3,13-15,27H2,1-2H3,(H,28,31). The minimum atomic E-state index is -4.52. The second kappa shape index (κ2) is 13.8. The Morgan fingerprint density at radius 2 is 1.64 bits per heavy atom. The normalized spacial score (nSPS) is 22.6. The summed E-state index contributed by atoms with van der Waals surface area (Å²) in [7, 11) is -4.52. The largest absolute Gasteiger partial charge is 0.462 e. The molecule has 6 unspecified atom stereocenters. The molecule has 12 nitrogen and oxygen atoms in total. The Labute approximate surface area is 227 Å². The number of esters is 1. The highest BCUT2D eigenvalue weighted by Gasteiger charge is 2.43. The molecule has 2 aromatic carbocycles. The molecule has 0 spiro atoms. The van der Waals surface area contributed by atoms with Crippen LogP contribution in [-0.4, -0.2) is 74.2 Å². The third-order valence-electron chi connectivity index (χ3n) is 6.34. The average Bonchev–Trinajstić information content (AvgIpc) is 3.19. The molecular formula is C26H34N2O10S. The van der Waals surface area contributed by atoms with Crippen molar-refractivity contribution >= 4 is 22.2 Å². The van der Waals surface area contributed by atoms with Gasteiger partial charge >= 0.3 is 16.3 Å². The monoisotopic (exact) mass is 566 g/mol. The van der Waals surface area contributed by atoms with E-state index in [0.717, 1.165) is 0 Å². The molecule has 1 aliphatic heterocycles. The fourth-order valence-corrected chi connectivity index (χ4v) is 4.48. The van der Waals surface area contributed by atoms with E-state index in [1.165, 1.54) is 0 Å². The Kier molecular flexibility index (Phi) is 10.8. The quantitative estimate of drug-likeness (QED) is 0.256. The van der Waals surface area contributed by atoms with Crippen LogP contribution in [0.1, 0.15) is 37.0 Å². The van der Waals surface area contributed by atoms with Crippen molar-refractivity contribution in [3.8, 4) is 11.5 Å². The molecule has 0 aromatic heterocycles. The van der Waals surface area contributed by atoms with Crippen LogP contribution in [0.4, 0.5) is 0 Å². The molecule has 0 saturated carbocycles. The highest BCUT2D eigenvalue weighted by molar-refractivity contribution is 7.85. The van der Waals surface area contributed by atoms with Gasteiger partial charge in [0.15, 0.2) is 0 Å². The highest BCUT2D eigenvalue weighted by atomic mass is 32.2. The first-order valence-electron chi connectivity index (χ1n) is 12.5. The maximum Gasteiger partial charge on any atom is 0.362 e. The zero-order valence-electron chi connectivity index (χ0n) is 21.6. The molecule has 1 saturated heterocycles. The van der Waals surface area contributed by atoms with E-state index >= 15 is 0 Å². The fourth-order valence-electron chi connectivity index (χ4n) is 3.73. The number of nitrogens with two attached hydrogens (primary N) is 1. The van der Waals surface area contributed by atoms with E-state index in [-0.39, 0.29) is 24.5 Å². The highest BCUT2D eigenvalue weighted by Crippen LogP contribution is 2.25. The van der Waals surface area contributed by atoms with E-state index in [1.54, 1.807) is 48.0 Å². The van der Waals surface area contributed by atoms with Crippen molar-refractivity contribution in [1.29, 1.82) is 0 Å². The summed E-state index contributed by atoms with van der Waals surface area (Å²) < 4.78 is 47.1. The Morgan fingerprint density at radius 1 is 1.03 bits per heavy atom. The summed E-state index contributed by atoms with van der Waals surface area (Å²) in [6, 6.07) is 14.5. The molecule has 39 heavy (non-hydrogen) atoms. The summed E-state index contributed by atoms with van der Waals surface area (Å²) in [6.45, 7) is 2.72. The molecule has 1 heterocycles. The summed E-state index contributed by atoms with van der Waals surface area (Å²) >= 11 is 0. The summed E-state index contributed by atoms with van der Waals surface area (Å²) in [5.41, 5.74) is 6.01. The third-order valence-corrected chi connectivity index (χ3v) is 7.24. The van der Waals surface area contributed by atoms with Gasteiger partial charge in [0.05, 0.1) is 30.9 Å². The van der Waals surface area contributed by atoms with Gasteiger partial charge in [0, 0.05) is 6.42 Å². The van der Waals surface area contributed by atoms with Gasteiger partial charge in [0.2, 0.25) is 0 Å². The Balaban J connectivity index is 1.43. The van der Waals surface area contributed by atoms with Gasteiger partial charge < -0.3 is 30.2 Å². The van der Waals surface area contributed by atoms with E-state index < -0.39 is 59.2 Å². The van der Waals surface area contributed by atoms with Crippen LogP contribution < -0.4 is 15.2 Å². The van der Waals surface area contributed by atoms with E-state index in [9.17, 15) is 28.2 Å². The van der Waals surface area contributed by atoms with E-state index in [0.29, 0.717) is 17.9 Å². The second-order valence-corrected chi connectivity index (χ2v) is 10.5. The number of benzene rings is 2. The van der Waals surface area contributed by atoms with Gasteiger partial charge in [-0.2, -0.15) is 8.42 Å². The lowest BCUT2D eigenvalue weighted by molar-refractivity contribution is -0.121. The minimum Gasteiger partial charge on any atom is -0.462 e. The van der Waals surface area contributed by atoms with Crippen LogP contribution in [0.2, 0.25) is 0 Å². The first kappa shape index (κ1) is 30.5. The summed E-state index contributed by atoms with van der Waals surface area (Å²) in [5, 5.41) is 20.5. The summed E-state index contributed by atoms with van der Waals surface area (Å²) in [4.78, 5) is 24.4. The number of amides is 1. The summed E-state index contributed by atoms with van der Waals surface area (Å²) in [5.74, 6) is -0.579. The number of aliphatic hydroxyl groups excluding tert-OH is 2. The van der Waals surface area contributed by atoms with Crippen LogP contribution in [0.25, 0.3) is 0 Å². The van der Waals surface area contributed by atoms with Crippen LogP contribution in [-0.2, 0) is 28.8 Å². The predicted molar refractivity (Wildman–Crippen MR) is 139 cm³/mol. The van der Waals surface area contributed by atoms with Gasteiger partial charge in [-0.15, -0.1) is 0 Å². The first-order chi connectivity index (χ1) is 18.5. The molecular weight excluding hydrogens is 532 g/mol. The van der Waals surface area contributed by atoms with Gasteiger partial charge in [-0.05, 0) is 42.3 Å². The second-order valence-electron chi connectivity index (χ2n) is 9.17. The number of nitrogens with one attached hydrogen (secondary N) is 1. The van der Waals surface area contributed by atoms with Crippen LogP contribution in [0.15, 0.2) is 54.6 Å². The molecule has 6 atom stereocenters. The maximum atomic E-state index is 12.4. The lowest BCUT2D eigenvalue weighted by atomic mass is 10.00. The molecule has 0 aliphatic carbocycles. The van der Waals surface area contributed by atoms with E-state index in [2.05, 4.69) is 0 Å². The van der Waals surface area contributed by atoms with E-state index in [1.807, 2.05) is 25.1 Å².